The lowest BCUT2D eigenvalue weighted by atomic mass is 10.1. The summed E-state index contributed by atoms with van der Waals surface area (Å²) in [5.41, 5.74) is 0. The van der Waals surface area contributed by atoms with Crippen molar-refractivity contribution in [2.75, 3.05) is 39.4 Å². The van der Waals surface area contributed by atoms with Crippen LogP contribution in [0.1, 0.15) is 48.9 Å². The van der Waals surface area contributed by atoms with Crippen LogP contribution >= 0.6 is 11.3 Å². The number of rotatable bonds is 7. The molecule has 0 spiro atoms. The largest absolute Gasteiger partial charge is 0.376 e. The standard InChI is InChI=1S/C20H34N4O2S/c1-3-21-20(22-10-7-19-23-14-16(2)27-19)24-11-8-17(9-12-24)26-15-18-6-4-5-13-25-18/h14,17-18H,3-13,15H2,1-2H3,(H,21,22). The molecule has 6 nitrogen and oxygen atoms in total. The average molecular weight is 395 g/mol. The molecule has 0 saturated carbocycles. The fourth-order valence-electron chi connectivity index (χ4n) is 3.62. The van der Waals surface area contributed by atoms with Gasteiger partial charge in [0.05, 0.1) is 23.8 Å². The Balaban J connectivity index is 1.41. The number of aliphatic imine (C=N–C) groups is 1. The molecule has 7 heteroatoms. The Morgan fingerprint density at radius 2 is 2.22 bits per heavy atom. The van der Waals surface area contributed by atoms with Gasteiger partial charge in [-0.3, -0.25) is 4.99 Å². The maximum absolute atomic E-state index is 6.13. The Kier molecular flexibility index (Phi) is 8.35. The predicted molar refractivity (Wildman–Crippen MR) is 111 cm³/mol. The molecule has 1 atom stereocenters. The predicted octanol–water partition coefficient (Wildman–Crippen LogP) is 3.01. The number of nitrogens with zero attached hydrogens (tertiary/aromatic N) is 3. The molecule has 0 aliphatic carbocycles. The number of nitrogens with one attached hydrogen (secondary N) is 1. The Morgan fingerprint density at radius 3 is 2.89 bits per heavy atom. The first-order valence-electron chi connectivity index (χ1n) is 10.4. The first-order valence-corrected chi connectivity index (χ1v) is 11.2. The van der Waals surface area contributed by atoms with Crippen molar-refractivity contribution in [2.45, 2.75) is 64.6 Å². The van der Waals surface area contributed by atoms with Gasteiger partial charge in [0, 0.05) is 50.3 Å². The van der Waals surface area contributed by atoms with Gasteiger partial charge >= 0.3 is 0 Å². The van der Waals surface area contributed by atoms with Crippen molar-refractivity contribution < 1.29 is 9.47 Å². The van der Waals surface area contributed by atoms with E-state index in [1.807, 2.05) is 6.20 Å². The Bertz CT molecular complexity index is 578. The molecule has 0 aromatic carbocycles. The van der Waals surface area contributed by atoms with Gasteiger partial charge in [-0.15, -0.1) is 11.3 Å². The van der Waals surface area contributed by atoms with Crippen molar-refractivity contribution in [1.29, 1.82) is 0 Å². The molecule has 2 aliphatic rings. The summed E-state index contributed by atoms with van der Waals surface area (Å²) in [5.74, 6) is 1.03. The molecule has 1 N–H and O–H groups in total. The highest BCUT2D eigenvalue weighted by molar-refractivity contribution is 7.11. The number of aromatic nitrogens is 1. The lowest BCUT2D eigenvalue weighted by molar-refractivity contribution is -0.0721. The molecule has 0 radical (unpaired) electrons. The second-order valence-electron chi connectivity index (χ2n) is 7.36. The zero-order valence-corrected chi connectivity index (χ0v) is 17.6. The average Bonchev–Trinajstić information content (AvgIpc) is 3.12. The highest BCUT2D eigenvalue weighted by Crippen LogP contribution is 2.18. The summed E-state index contributed by atoms with van der Waals surface area (Å²) in [4.78, 5) is 12.9. The molecule has 1 aromatic heterocycles. The summed E-state index contributed by atoms with van der Waals surface area (Å²) >= 11 is 1.76. The van der Waals surface area contributed by atoms with Gasteiger partial charge in [0.25, 0.3) is 0 Å². The molecule has 3 heterocycles. The minimum absolute atomic E-state index is 0.310. The molecule has 1 aromatic rings. The van der Waals surface area contributed by atoms with E-state index in [-0.39, 0.29) is 0 Å². The van der Waals surface area contributed by atoms with Crippen LogP contribution in [0.2, 0.25) is 0 Å². The minimum atomic E-state index is 0.310. The van der Waals surface area contributed by atoms with Crippen LogP contribution < -0.4 is 5.32 Å². The summed E-state index contributed by atoms with van der Waals surface area (Å²) in [6.07, 6.45) is 9.25. The summed E-state index contributed by atoms with van der Waals surface area (Å²) in [7, 11) is 0. The Labute approximate surface area is 167 Å². The minimum Gasteiger partial charge on any atom is -0.376 e. The van der Waals surface area contributed by atoms with Crippen molar-refractivity contribution in [1.82, 2.24) is 15.2 Å². The van der Waals surface area contributed by atoms with Crippen LogP contribution in [0, 0.1) is 6.92 Å². The fourth-order valence-corrected chi connectivity index (χ4v) is 4.39. The third kappa shape index (κ3) is 6.73. The third-order valence-corrected chi connectivity index (χ3v) is 6.10. The molecule has 2 aliphatic heterocycles. The highest BCUT2D eigenvalue weighted by Gasteiger charge is 2.23. The van der Waals surface area contributed by atoms with Crippen LogP contribution in [-0.4, -0.2) is 67.4 Å². The van der Waals surface area contributed by atoms with Gasteiger partial charge < -0.3 is 19.7 Å². The normalized spacial score (nSPS) is 22.2. The van der Waals surface area contributed by atoms with E-state index in [9.17, 15) is 0 Å². The van der Waals surface area contributed by atoms with Crippen molar-refractivity contribution in [3.05, 3.63) is 16.1 Å². The van der Waals surface area contributed by atoms with Gasteiger partial charge in [0.15, 0.2) is 5.96 Å². The van der Waals surface area contributed by atoms with Gasteiger partial charge in [0.1, 0.15) is 0 Å². The second kappa shape index (κ2) is 11.0. The highest BCUT2D eigenvalue weighted by atomic mass is 32.1. The summed E-state index contributed by atoms with van der Waals surface area (Å²) in [5, 5.41) is 4.61. The van der Waals surface area contributed by atoms with Gasteiger partial charge in [-0.2, -0.15) is 0 Å². The van der Waals surface area contributed by atoms with Crippen LogP contribution in [0.3, 0.4) is 0 Å². The summed E-state index contributed by atoms with van der Waals surface area (Å²) in [6, 6.07) is 0. The molecule has 0 amide bonds. The van der Waals surface area contributed by atoms with Gasteiger partial charge in [-0.1, -0.05) is 0 Å². The number of piperidine rings is 1. The number of hydrogen-bond acceptors (Lipinski definition) is 5. The maximum atomic E-state index is 6.13. The van der Waals surface area contributed by atoms with Gasteiger partial charge in [-0.25, -0.2) is 4.98 Å². The summed E-state index contributed by atoms with van der Waals surface area (Å²) < 4.78 is 11.9. The van der Waals surface area contributed by atoms with E-state index in [4.69, 9.17) is 14.5 Å². The van der Waals surface area contributed by atoms with E-state index in [1.165, 1.54) is 22.7 Å². The van der Waals surface area contributed by atoms with E-state index in [0.29, 0.717) is 12.2 Å². The number of hydrogen-bond donors (Lipinski definition) is 1. The van der Waals surface area contributed by atoms with Crippen molar-refractivity contribution >= 4 is 17.3 Å². The SMILES string of the molecule is CCNC(=NCCc1ncc(C)s1)N1CCC(OCC2CCCCO2)CC1. The number of likely N-dealkylation sites (tertiary alicyclic amines) is 1. The fraction of sp³-hybridized carbons (Fsp3) is 0.800. The number of ether oxygens (including phenoxy) is 2. The molecular weight excluding hydrogens is 360 g/mol. The molecule has 2 saturated heterocycles. The van der Waals surface area contributed by atoms with E-state index in [2.05, 4.69) is 29.0 Å². The zero-order chi connectivity index (χ0) is 18.9. The van der Waals surface area contributed by atoms with Crippen LogP contribution in [-0.2, 0) is 15.9 Å². The van der Waals surface area contributed by atoms with E-state index in [0.717, 1.165) is 71.0 Å². The van der Waals surface area contributed by atoms with Crippen LogP contribution in [0.25, 0.3) is 0 Å². The van der Waals surface area contributed by atoms with Crippen molar-refractivity contribution in [3.63, 3.8) is 0 Å². The molecule has 0 bridgehead atoms. The van der Waals surface area contributed by atoms with Crippen molar-refractivity contribution in [3.8, 4) is 0 Å². The first kappa shape index (κ1) is 20.6. The molecule has 1 unspecified atom stereocenters. The van der Waals surface area contributed by atoms with Gasteiger partial charge in [-0.05, 0) is 46.0 Å². The Hall–Kier alpha value is -1.18. The topological polar surface area (TPSA) is 59.0 Å². The first-order chi connectivity index (χ1) is 13.2. The number of aryl methyl sites for hydroxylation is 1. The van der Waals surface area contributed by atoms with Gasteiger partial charge in [0.2, 0.25) is 0 Å². The lowest BCUT2D eigenvalue weighted by Crippen LogP contribution is -2.47. The second-order valence-corrected chi connectivity index (χ2v) is 8.68. The van der Waals surface area contributed by atoms with Crippen molar-refractivity contribution in [2.24, 2.45) is 4.99 Å². The maximum Gasteiger partial charge on any atom is 0.193 e. The molecule has 27 heavy (non-hydrogen) atoms. The van der Waals surface area contributed by atoms with Crippen LogP contribution in [0.4, 0.5) is 0 Å². The number of thiazole rings is 1. The molecular formula is C20H34N4O2S. The monoisotopic (exact) mass is 394 g/mol. The van der Waals surface area contributed by atoms with E-state index < -0.39 is 0 Å². The van der Waals surface area contributed by atoms with Crippen LogP contribution in [0.5, 0.6) is 0 Å². The third-order valence-electron chi connectivity index (χ3n) is 5.12. The molecule has 2 fully saturated rings. The number of guanidine groups is 1. The molecule has 152 valence electrons. The summed E-state index contributed by atoms with van der Waals surface area (Å²) in [6.45, 7) is 9.55. The van der Waals surface area contributed by atoms with E-state index in [1.54, 1.807) is 11.3 Å². The molecule has 3 rings (SSSR count). The lowest BCUT2D eigenvalue weighted by Gasteiger charge is -2.35. The van der Waals surface area contributed by atoms with Crippen LogP contribution in [0.15, 0.2) is 11.2 Å². The quantitative estimate of drug-likeness (QED) is 0.569. The zero-order valence-electron chi connectivity index (χ0n) is 16.8. The Morgan fingerprint density at radius 1 is 1.37 bits per heavy atom. The van der Waals surface area contributed by atoms with E-state index >= 15 is 0 Å². The smallest absolute Gasteiger partial charge is 0.193 e.